The molecule has 21 heavy (non-hydrogen) atoms. The SMILES string of the molecule is CC(C)(C)C1CCC(CBr)(Cc2cc(F)cc(F)c2)CC1. The molecule has 0 heterocycles. The Morgan fingerprint density at radius 2 is 1.62 bits per heavy atom. The normalized spacial score (nSPS) is 26.9. The summed E-state index contributed by atoms with van der Waals surface area (Å²) in [5, 5.41) is 0.898. The van der Waals surface area contributed by atoms with Gasteiger partial charge in [-0.15, -0.1) is 0 Å². The van der Waals surface area contributed by atoms with Crippen LogP contribution in [-0.2, 0) is 6.42 Å². The first-order chi connectivity index (χ1) is 9.74. The maximum Gasteiger partial charge on any atom is 0.126 e. The molecule has 2 rings (SSSR count). The summed E-state index contributed by atoms with van der Waals surface area (Å²) in [6.45, 7) is 6.92. The number of hydrogen-bond donors (Lipinski definition) is 0. The summed E-state index contributed by atoms with van der Waals surface area (Å²) in [4.78, 5) is 0. The van der Waals surface area contributed by atoms with Crippen LogP contribution < -0.4 is 0 Å². The second kappa shape index (κ2) is 6.36. The first-order valence-corrected chi connectivity index (χ1v) is 8.87. The van der Waals surface area contributed by atoms with E-state index in [1.54, 1.807) is 0 Å². The summed E-state index contributed by atoms with van der Waals surface area (Å²) in [6.07, 6.45) is 5.40. The van der Waals surface area contributed by atoms with Crippen LogP contribution in [0.2, 0.25) is 0 Å². The van der Waals surface area contributed by atoms with Crippen LogP contribution in [0, 0.1) is 28.4 Å². The predicted molar refractivity (Wildman–Crippen MR) is 87.7 cm³/mol. The second-order valence-corrected chi connectivity index (χ2v) is 8.29. The topological polar surface area (TPSA) is 0 Å². The molecule has 0 amide bonds. The van der Waals surface area contributed by atoms with E-state index in [2.05, 4.69) is 36.7 Å². The van der Waals surface area contributed by atoms with Gasteiger partial charge in [-0.1, -0.05) is 36.7 Å². The molecule has 0 aromatic heterocycles. The van der Waals surface area contributed by atoms with Crippen LogP contribution in [-0.4, -0.2) is 5.33 Å². The molecular weight excluding hydrogens is 334 g/mol. The van der Waals surface area contributed by atoms with Crippen molar-refractivity contribution in [1.82, 2.24) is 0 Å². The summed E-state index contributed by atoms with van der Waals surface area (Å²) >= 11 is 3.65. The van der Waals surface area contributed by atoms with Gasteiger partial charge >= 0.3 is 0 Å². The molecule has 1 saturated carbocycles. The first kappa shape index (κ1) is 16.9. The van der Waals surface area contributed by atoms with Crippen LogP contribution in [0.3, 0.4) is 0 Å². The molecule has 0 bridgehead atoms. The van der Waals surface area contributed by atoms with E-state index in [-0.39, 0.29) is 5.41 Å². The number of alkyl halides is 1. The minimum Gasteiger partial charge on any atom is -0.207 e. The molecule has 0 nitrogen and oxygen atoms in total. The smallest absolute Gasteiger partial charge is 0.126 e. The van der Waals surface area contributed by atoms with Gasteiger partial charge in [-0.25, -0.2) is 8.78 Å². The van der Waals surface area contributed by atoms with Crippen LogP contribution in [0.4, 0.5) is 8.78 Å². The van der Waals surface area contributed by atoms with Gasteiger partial charge < -0.3 is 0 Å². The van der Waals surface area contributed by atoms with E-state index in [1.807, 2.05) is 0 Å². The molecule has 0 radical (unpaired) electrons. The Morgan fingerprint density at radius 3 is 2.05 bits per heavy atom. The summed E-state index contributed by atoms with van der Waals surface area (Å²) in [7, 11) is 0. The predicted octanol–water partition coefficient (Wildman–Crippen LogP) is 6.12. The van der Waals surface area contributed by atoms with Gasteiger partial charge in [0.1, 0.15) is 11.6 Å². The number of benzene rings is 1. The molecule has 1 aliphatic rings. The fourth-order valence-corrected chi connectivity index (χ4v) is 4.36. The third kappa shape index (κ3) is 4.28. The van der Waals surface area contributed by atoms with E-state index in [1.165, 1.54) is 25.0 Å². The molecular formula is C18H25BrF2. The van der Waals surface area contributed by atoms with Gasteiger partial charge in [-0.05, 0) is 66.5 Å². The van der Waals surface area contributed by atoms with Crippen molar-refractivity contribution >= 4 is 15.9 Å². The van der Waals surface area contributed by atoms with Crippen molar-refractivity contribution in [2.45, 2.75) is 52.9 Å². The third-order valence-corrected chi connectivity index (χ3v) is 6.25. The highest BCUT2D eigenvalue weighted by Gasteiger charge is 2.38. The Balaban J connectivity index is 2.10. The molecule has 1 aliphatic carbocycles. The molecule has 0 spiro atoms. The monoisotopic (exact) mass is 358 g/mol. The zero-order valence-electron chi connectivity index (χ0n) is 13.2. The van der Waals surface area contributed by atoms with Crippen molar-refractivity contribution in [3.8, 4) is 0 Å². The maximum absolute atomic E-state index is 13.4. The Bertz CT molecular complexity index is 462. The average molecular weight is 359 g/mol. The molecule has 0 atom stereocenters. The minimum absolute atomic E-state index is 0.141. The van der Waals surface area contributed by atoms with Crippen LogP contribution in [0.1, 0.15) is 52.0 Å². The lowest BCUT2D eigenvalue weighted by molar-refractivity contribution is 0.103. The molecule has 1 aromatic carbocycles. The van der Waals surface area contributed by atoms with Crippen molar-refractivity contribution in [3.05, 3.63) is 35.4 Å². The highest BCUT2D eigenvalue weighted by molar-refractivity contribution is 9.09. The van der Waals surface area contributed by atoms with Gasteiger partial charge in [-0.2, -0.15) is 0 Å². The van der Waals surface area contributed by atoms with E-state index in [0.717, 1.165) is 42.1 Å². The highest BCUT2D eigenvalue weighted by Crippen LogP contribution is 2.47. The average Bonchev–Trinajstić information content (AvgIpc) is 2.37. The van der Waals surface area contributed by atoms with Gasteiger partial charge in [0.2, 0.25) is 0 Å². The number of hydrogen-bond acceptors (Lipinski definition) is 0. The van der Waals surface area contributed by atoms with Crippen molar-refractivity contribution in [2.75, 3.05) is 5.33 Å². The van der Waals surface area contributed by atoms with Crippen molar-refractivity contribution < 1.29 is 8.78 Å². The lowest BCUT2D eigenvalue weighted by Crippen LogP contribution is -2.35. The Kier molecular flexibility index (Phi) is 5.12. The second-order valence-electron chi connectivity index (χ2n) is 7.73. The number of rotatable bonds is 3. The molecule has 1 fully saturated rings. The molecule has 0 unspecified atom stereocenters. The molecule has 118 valence electrons. The van der Waals surface area contributed by atoms with E-state index in [0.29, 0.717) is 5.41 Å². The molecule has 3 heteroatoms. The van der Waals surface area contributed by atoms with Crippen molar-refractivity contribution in [2.24, 2.45) is 16.7 Å². The standard InChI is InChI=1S/C18H25BrF2/c1-17(2,3)14-4-6-18(12-19,7-5-14)11-13-8-15(20)10-16(21)9-13/h8-10,14H,4-7,11-12H2,1-3H3. The van der Waals surface area contributed by atoms with Gasteiger partial charge in [0.15, 0.2) is 0 Å². The van der Waals surface area contributed by atoms with Crippen molar-refractivity contribution in [1.29, 1.82) is 0 Å². The summed E-state index contributed by atoms with van der Waals surface area (Å²) in [5.41, 5.74) is 1.27. The fourth-order valence-electron chi connectivity index (χ4n) is 3.60. The lowest BCUT2D eigenvalue weighted by Gasteiger charge is -2.43. The molecule has 0 saturated heterocycles. The fraction of sp³-hybridized carbons (Fsp3) is 0.667. The summed E-state index contributed by atoms with van der Waals surface area (Å²) in [5.74, 6) is -0.204. The highest BCUT2D eigenvalue weighted by atomic mass is 79.9. The van der Waals surface area contributed by atoms with E-state index in [9.17, 15) is 8.78 Å². The molecule has 0 aliphatic heterocycles. The molecule has 0 N–H and O–H groups in total. The Morgan fingerprint density at radius 1 is 1.10 bits per heavy atom. The summed E-state index contributed by atoms with van der Waals surface area (Å²) < 4.78 is 26.8. The van der Waals surface area contributed by atoms with Crippen LogP contribution >= 0.6 is 15.9 Å². The van der Waals surface area contributed by atoms with Gasteiger partial charge in [0.05, 0.1) is 0 Å². The van der Waals surface area contributed by atoms with Crippen LogP contribution in [0.25, 0.3) is 0 Å². The van der Waals surface area contributed by atoms with Gasteiger partial charge in [-0.3, -0.25) is 0 Å². The first-order valence-electron chi connectivity index (χ1n) is 7.75. The van der Waals surface area contributed by atoms with E-state index < -0.39 is 11.6 Å². The quantitative estimate of drug-likeness (QED) is 0.570. The summed E-state index contributed by atoms with van der Waals surface area (Å²) in [6, 6.07) is 3.90. The van der Waals surface area contributed by atoms with Crippen LogP contribution in [0.15, 0.2) is 18.2 Å². The minimum atomic E-state index is -0.474. The lowest BCUT2D eigenvalue weighted by atomic mass is 9.63. The zero-order valence-corrected chi connectivity index (χ0v) is 14.8. The van der Waals surface area contributed by atoms with Gasteiger partial charge in [0, 0.05) is 11.4 Å². The third-order valence-electron chi connectivity index (χ3n) is 5.06. The largest absolute Gasteiger partial charge is 0.207 e. The Labute approximate surface area is 135 Å². The van der Waals surface area contributed by atoms with Gasteiger partial charge in [0.25, 0.3) is 0 Å². The number of halogens is 3. The molecule has 1 aromatic rings. The van der Waals surface area contributed by atoms with Crippen LogP contribution in [0.5, 0.6) is 0 Å². The Hall–Kier alpha value is -0.440. The zero-order chi connectivity index (χ0) is 15.7. The van der Waals surface area contributed by atoms with E-state index in [4.69, 9.17) is 0 Å². The van der Waals surface area contributed by atoms with E-state index >= 15 is 0 Å². The van der Waals surface area contributed by atoms with Crippen molar-refractivity contribution in [3.63, 3.8) is 0 Å². The maximum atomic E-state index is 13.4.